The van der Waals surface area contributed by atoms with E-state index in [1.807, 2.05) is 6.07 Å². The van der Waals surface area contributed by atoms with Crippen LogP contribution in [0.1, 0.15) is 37.9 Å². The van der Waals surface area contributed by atoms with Crippen LogP contribution in [0.5, 0.6) is 5.75 Å². The zero-order valence-corrected chi connectivity index (χ0v) is 22.1. The Morgan fingerprint density at radius 1 is 1.22 bits per heavy atom. The summed E-state index contributed by atoms with van der Waals surface area (Å²) in [6, 6.07) is 10.2. The van der Waals surface area contributed by atoms with Crippen molar-refractivity contribution < 1.29 is 24.2 Å². The maximum absolute atomic E-state index is 13.6. The van der Waals surface area contributed by atoms with Gasteiger partial charge in [-0.25, -0.2) is 4.79 Å². The number of nitrogens with zero attached hydrogens (tertiary/aromatic N) is 2. The van der Waals surface area contributed by atoms with Gasteiger partial charge in [0.05, 0.1) is 16.8 Å². The maximum atomic E-state index is 13.6. The molecule has 2 aromatic carbocycles. The predicted octanol–water partition coefficient (Wildman–Crippen LogP) is 4.21. The molecule has 9 nitrogen and oxygen atoms in total. The molecule has 0 aliphatic rings. The lowest BCUT2D eigenvalue weighted by atomic mass is 10.0. The van der Waals surface area contributed by atoms with E-state index in [2.05, 4.69) is 23.3 Å². The van der Waals surface area contributed by atoms with E-state index >= 15 is 0 Å². The average Bonchev–Trinajstić information content (AvgIpc) is 2.78. The Bertz CT molecular complexity index is 1140. The number of nitrogens with one attached hydrogen (secondary N) is 2. The second-order valence-electron chi connectivity index (χ2n) is 8.92. The van der Waals surface area contributed by atoms with Crippen molar-refractivity contribution >= 4 is 47.8 Å². The molecule has 0 saturated carbocycles. The number of rotatable bonds is 8. The van der Waals surface area contributed by atoms with Crippen LogP contribution < -0.4 is 10.6 Å². The largest absolute Gasteiger partial charge is 0.508 e. The normalized spacial score (nSPS) is 12.6. The number of aromatic hydroxyl groups is 1. The van der Waals surface area contributed by atoms with Crippen LogP contribution in [0.3, 0.4) is 0 Å². The molecule has 0 aliphatic heterocycles. The van der Waals surface area contributed by atoms with Gasteiger partial charge >= 0.3 is 6.09 Å². The standard InChI is InChI=1S/C25H29ClN4O5S/c1-15-7-5-10-18(26)20(15)29-22(32)21(16-8-6-9-17(31)13-16)30(12-11-27)23(33)19(14-36)28-24(34)35-25(2,3)4/h5-10,13,19,21,31,36H,12,14H2,1-4H3,(H,28,34)(H,29,32). The van der Waals surface area contributed by atoms with E-state index < -0.39 is 42.1 Å². The third-order valence-electron chi connectivity index (χ3n) is 4.91. The maximum Gasteiger partial charge on any atom is 0.408 e. The highest BCUT2D eigenvalue weighted by Gasteiger charge is 2.36. The SMILES string of the molecule is Cc1cccc(Cl)c1NC(=O)C(c1cccc(O)c1)N(CC#N)C(=O)C(CS)NC(=O)OC(C)(C)C. The molecule has 2 aromatic rings. The van der Waals surface area contributed by atoms with Crippen LogP contribution in [0.2, 0.25) is 5.02 Å². The number of halogens is 1. The minimum absolute atomic E-state index is 0.127. The first-order chi connectivity index (χ1) is 16.9. The molecule has 11 heteroatoms. The first kappa shape index (κ1) is 28.8. The highest BCUT2D eigenvalue weighted by molar-refractivity contribution is 7.80. The number of ether oxygens (including phenoxy) is 1. The smallest absolute Gasteiger partial charge is 0.408 e. The fraction of sp³-hybridized carbons (Fsp3) is 0.360. The number of hydrogen-bond donors (Lipinski definition) is 4. The molecule has 0 heterocycles. The molecule has 2 rings (SSSR count). The van der Waals surface area contributed by atoms with Crippen molar-refractivity contribution in [3.63, 3.8) is 0 Å². The number of para-hydroxylation sites is 1. The Kier molecular flexibility index (Phi) is 10.0. The molecule has 3 amide bonds. The number of carbonyl (C=O) groups is 3. The first-order valence-electron chi connectivity index (χ1n) is 11.0. The third kappa shape index (κ3) is 7.80. The van der Waals surface area contributed by atoms with Crippen LogP contribution in [0.15, 0.2) is 42.5 Å². The number of anilines is 1. The van der Waals surface area contributed by atoms with Crippen molar-refractivity contribution in [2.45, 2.75) is 45.4 Å². The molecular weight excluding hydrogens is 504 g/mol. The summed E-state index contributed by atoms with van der Waals surface area (Å²) in [7, 11) is 0. The zero-order chi connectivity index (χ0) is 27.0. The van der Waals surface area contributed by atoms with Gasteiger partial charge in [0.1, 0.15) is 30.0 Å². The average molecular weight is 533 g/mol. The van der Waals surface area contributed by atoms with Crippen molar-refractivity contribution in [1.82, 2.24) is 10.2 Å². The minimum Gasteiger partial charge on any atom is -0.508 e. The van der Waals surface area contributed by atoms with Gasteiger partial charge in [0, 0.05) is 5.75 Å². The second kappa shape index (κ2) is 12.5. The molecule has 0 fully saturated rings. The summed E-state index contributed by atoms with van der Waals surface area (Å²) in [6.45, 7) is 6.28. The van der Waals surface area contributed by atoms with E-state index in [-0.39, 0.29) is 22.1 Å². The summed E-state index contributed by atoms with van der Waals surface area (Å²) in [5.41, 5.74) is 0.466. The Morgan fingerprint density at radius 2 is 1.89 bits per heavy atom. The molecular formula is C25H29ClN4O5S. The molecule has 2 atom stereocenters. The zero-order valence-electron chi connectivity index (χ0n) is 20.4. The number of amides is 3. The van der Waals surface area contributed by atoms with E-state index in [9.17, 15) is 24.8 Å². The van der Waals surface area contributed by atoms with Crippen LogP contribution in [-0.2, 0) is 14.3 Å². The van der Waals surface area contributed by atoms with Crippen molar-refractivity contribution in [3.05, 3.63) is 58.6 Å². The number of benzene rings is 2. The van der Waals surface area contributed by atoms with Crippen molar-refractivity contribution in [1.29, 1.82) is 5.26 Å². The molecule has 192 valence electrons. The van der Waals surface area contributed by atoms with Gasteiger partial charge in [0.25, 0.3) is 5.91 Å². The van der Waals surface area contributed by atoms with Gasteiger partial charge in [-0.3, -0.25) is 9.59 Å². The van der Waals surface area contributed by atoms with Crippen molar-refractivity contribution in [2.24, 2.45) is 0 Å². The highest BCUT2D eigenvalue weighted by Crippen LogP contribution is 2.30. The van der Waals surface area contributed by atoms with Crippen LogP contribution in [0, 0.1) is 18.3 Å². The number of alkyl carbamates (subject to hydrolysis) is 1. The lowest BCUT2D eigenvalue weighted by molar-refractivity contribution is -0.139. The number of phenolic OH excluding ortho intramolecular Hbond substituents is 1. The monoisotopic (exact) mass is 532 g/mol. The number of phenols is 1. The van der Waals surface area contributed by atoms with E-state index in [0.717, 1.165) is 4.90 Å². The first-order valence-corrected chi connectivity index (χ1v) is 12.0. The quantitative estimate of drug-likeness (QED) is 0.297. The van der Waals surface area contributed by atoms with E-state index in [1.54, 1.807) is 45.9 Å². The Labute approximate surface area is 220 Å². The van der Waals surface area contributed by atoms with Gasteiger partial charge in [-0.1, -0.05) is 35.9 Å². The molecule has 0 saturated heterocycles. The van der Waals surface area contributed by atoms with Crippen LogP contribution in [-0.4, -0.2) is 51.9 Å². The highest BCUT2D eigenvalue weighted by atomic mass is 35.5. The Balaban J connectivity index is 2.49. The molecule has 0 aliphatic carbocycles. The molecule has 36 heavy (non-hydrogen) atoms. The van der Waals surface area contributed by atoms with E-state index in [4.69, 9.17) is 16.3 Å². The molecule has 2 unspecified atom stereocenters. The van der Waals surface area contributed by atoms with Gasteiger partial charge in [0.2, 0.25) is 5.91 Å². The van der Waals surface area contributed by atoms with Gasteiger partial charge in [-0.05, 0) is 57.0 Å². The minimum atomic E-state index is -1.34. The predicted molar refractivity (Wildman–Crippen MR) is 140 cm³/mol. The molecule has 0 aromatic heterocycles. The second-order valence-corrected chi connectivity index (χ2v) is 9.70. The summed E-state index contributed by atoms with van der Waals surface area (Å²) in [4.78, 5) is 40.5. The van der Waals surface area contributed by atoms with Crippen LogP contribution in [0.25, 0.3) is 0 Å². The van der Waals surface area contributed by atoms with Crippen LogP contribution >= 0.6 is 24.2 Å². The molecule has 0 radical (unpaired) electrons. The Hall–Kier alpha value is -3.42. The van der Waals surface area contributed by atoms with Crippen molar-refractivity contribution in [2.75, 3.05) is 17.6 Å². The van der Waals surface area contributed by atoms with E-state index in [0.29, 0.717) is 11.3 Å². The molecule has 0 spiro atoms. The van der Waals surface area contributed by atoms with Crippen molar-refractivity contribution in [3.8, 4) is 11.8 Å². The van der Waals surface area contributed by atoms with Crippen LogP contribution in [0.4, 0.5) is 10.5 Å². The summed E-state index contributed by atoms with van der Waals surface area (Å²) < 4.78 is 5.23. The van der Waals surface area contributed by atoms with Gasteiger partial charge in [-0.2, -0.15) is 17.9 Å². The summed E-state index contributed by atoms with van der Waals surface area (Å²) in [5, 5.41) is 25.0. The van der Waals surface area contributed by atoms with Gasteiger partial charge in [0.15, 0.2) is 0 Å². The van der Waals surface area contributed by atoms with Gasteiger partial charge in [-0.15, -0.1) is 0 Å². The fourth-order valence-corrected chi connectivity index (χ4v) is 3.87. The number of aryl methyl sites for hydroxylation is 1. The lowest BCUT2D eigenvalue weighted by Crippen LogP contribution is -2.53. The van der Waals surface area contributed by atoms with E-state index in [1.165, 1.54) is 24.3 Å². The fourth-order valence-electron chi connectivity index (χ4n) is 3.36. The third-order valence-corrected chi connectivity index (χ3v) is 5.59. The number of thiol groups is 1. The number of nitriles is 1. The molecule has 0 bridgehead atoms. The summed E-state index contributed by atoms with van der Waals surface area (Å²) in [5.74, 6) is -1.67. The number of hydrogen-bond acceptors (Lipinski definition) is 7. The van der Waals surface area contributed by atoms with Gasteiger partial charge < -0.3 is 25.4 Å². The molecule has 3 N–H and O–H groups in total. The lowest BCUT2D eigenvalue weighted by Gasteiger charge is -2.32. The summed E-state index contributed by atoms with van der Waals surface area (Å²) in [6.07, 6.45) is -0.850. The Morgan fingerprint density at radius 3 is 2.44 bits per heavy atom. The summed E-state index contributed by atoms with van der Waals surface area (Å²) >= 11 is 10.5. The topological polar surface area (TPSA) is 132 Å². The number of carbonyl (C=O) groups excluding carboxylic acids is 3.